The van der Waals surface area contributed by atoms with E-state index in [-0.39, 0.29) is 12.3 Å². The molecule has 3 heterocycles. The van der Waals surface area contributed by atoms with Gasteiger partial charge in [-0.05, 0) is 82.9 Å². The highest BCUT2D eigenvalue weighted by molar-refractivity contribution is 6.18. The first-order valence-corrected chi connectivity index (χ1v) is 17.8. The molecule has 2 atom stereocenters. The molecule has 254 valence electrons. The summed E-state index contributed by atoms with van der Waals surface area (Å²) in [5.74, 6) is 1.43. The van der Waals surface area contributed by atoms with Crippen LogP contribution in [0.25, 0.3) is 66.7 Å². The number of aromatic nitrogens is 1. The van der Waals surface area contributed by atoms with Crippen molar-refractivity contribution in [3.05, 3.63) is 187 Å². The van der Waals surface area contributed by atoms with E-state index in [1.807, 2.05) is 42.5 Å². The van der Waals surface area contributed by atoms with E-state index >= 15 is 0 Å². The molecule has 53 heavy (non-hydrogen) atoms. The molecular weight excluding hydrogens is 653 g/mol. The number of fused-ring (bicyclic) bond motifs is 4. The van der Waals surface area contributed by atoms with E-state index in [9.17, 15) is 0 Å². The third-order valence-corrected chi connectivity index (χ3v) is 10.2. The number of furan rings is 1. The predicted molar refractivity (Wildman–Crippen MR) is 213 cm³/mol. The van der Waals surface area contributed by atoms with Crippen LogP contribution in [0.2, 0.25) is 0 Å². The fraction of sp³-hybridized carbons (Fsp3) is 0.0638. The molecule has 7 aromatic carbocycles. The van der Waals surface area contributed by atoms with Gasteiger partial charge in [-0.1, -0.05) is 127 Å². The zero-order chi connectivity index (χ0) is 35.3. The monoisotopic (exact) mass is 686 g/mol. The van der Waals surface area contributed by atoms with Crippen LogP contribution in [0.1, 0.15) is 29.0 Å². The fourth-order valence-corrected chi connectivity index (χ4v) is 7.55. The Hall–Kier alpha value is -6.76. The zero-order valence-corrected chi connectivity index (χ0v) is 29.0. The summed E-state index contributed by atoms with van der Waals surface area (Å²) in [6.45, 7) is 0. The second-order valence-corrected chi connectivity index (χ2v) is 13.5. The normalized spacial score (nSPS) is 16.2. The van der Waals surface area contributed by atoms with E-state index in [1.165, 1.54) is 5.56 Å². The van der Waals surface area contributed by atoms with Gasteiger partial charge in [0.05, 0.1) is 0 Å². The molecule has 1 N–H and O–H groups in total. The minimum atomic E-state index is -0.180. The van der Waals surface area contributed by atoms with Crippen LogP contribution >= 0.6 is 0 Å². The van der Waals surface area contributed by atoms with Crippen LogP contribution in [-0.4, -0.2) is 22.8 Å². The van der Waals surface area contributed by atoms with Gasteiger partial charge in [0.25, 0.3) is 0 Å². The molecule has 0 amide bonds. The maximum absolute atomic E-state index is 6.46. The molecule has 10 rings (SSSR count). The molecule has 6 heteroatoms. The van der Waals surface area contributed by atoms with E-state index in [0.717, 1.165) is 77.8 Å². The lowest BCUT2D eigenvalue weighted by Gasteiger charge is -2.39. The number of rotatable bonds is 6. The number of aliphatic imine (C=N–C) groups is 1. The topological polar surface area (TPSA) is 66.8 Å². The lowest BCUT2D eigenvalue weighted by atomic mass is 9.99. The maximum atomic E-state index is 6.46. The van der Waals surface area contributed by atoms with Gasteiger partial charge in [-0.2, -0.15) is 0 Å². The number of oxazole rings is 1. The molecule has 1 aliphatic heterocycles. The number of nitrogens with zero attached hydrogens (tertiary/aromatic N) is 3. The molecule has 0 radical (unpaired) electrons. The second-order valence-electron chi connectivity index (χ2n) is 13.5. The quantitative estimate of drug-likeness (QED) is 0.189. The van der Waals surface area contributed by atoms with Gasteiger partial charge >= 0.3 is 0 Å². The summed E-state index contributed by atoms with van der Waals surface area (Å²) in [6.07, 6.45) is -0.266. The van der Waals surface area contributed by atoms with Crippen molar-refractivity contribution in [3.63, 3.8) is 0 Å². The fourth-order valence-electron chi connectivity index (χ4n) is 7.55. The first-order valence-electron chi connectivity index (χ1n) is 17.8. The first-order chi connectivity index (χ1) is 26.2. The van der Waals surface area contributed by atoms with Crippen molar-refractivity contribution in [1.82, 2.24) is 15.2 Å². The lowest BCUT2D eigenvalue weighted by molar-refractivity contribution is 0.152. The summed E-state index contributed by atoms with van der Waals surface area (Å²) in [5.41, 5.74) is 11.8. The predicted octanol–water partition coefficient (Wildman–Crippen LogP) is 11.4. The molecule has 2 unspecified atom stereocenters. The summed E-state index contributed by atoms with van der Waals surface area (Å²) in [7, 11) is 2.12. The first kappa shape index (κ1) is 31.0. The minimum absolute atomic E-state index is 0.0859. The van der Waals surface area contributed by atoms with Crippen LogP contribution in [0.4, 0.5) is 0 Å². The van der Waals surface area contributed by atoms with E-state index in [1.54, 1.807) is 0 Å². The van der Waals surface area contributed by atoms with Crippen molar-refractivity contribution < 1.29 is 8.83 Å². The van der Waals surface area contributed by atoms with E-state index in [0.29, 0.717) is 5.89 Å². The number of hydrogen-bond donors (Lipinski definition) is 1. The van der Waals surface area contributed by atoms with Gasteiger partial charge < -0.3 is 14.2 Å². The number of amidine groups is 1. The molecular formula is C47H34N4O2. The molecule has 0 aliphatic carbocycles. The molecule has 0 fully saturated rings. The smallest absolute Gasteiger partial charge is 0.227 e. The van der Waals surface area contributed by atoms with Crippen molar-refractivity contribution in [2.45, 2.75) is 12.3 Å². The second kappa shape index (κ2) is 12.8. The van der Waals surface area contributed by atoms with E-state index in [2.05, 4.69) is 145 Å². The van der Waals surface area contributed by atoms with Crippen molar-refractivity contribution >= 4 is 38.9 Å². The Morgan fingerprint density at radius 1 is 0.528 bits per heavy atom. The summed E-state index contributed by atoms with van der Waals surface area (Å²) < 4.78 is 12.9. The number of nitrogens with one attached hydrogen (secondary N) is 1. The molecule has 0 spiro atoms. The average molecular weight is 687 g/mol. The standard InChI is InChI=1S/C47H34N4O2/c1-51-45(31-15-7-3-8-16-31)49-44(50-46(51)32-17-9-4-10-18-32)37-21-12-22-41-43(37)38-28-34(24-26-40(38)52-41)35-23-25-39-42(29-35)53-47(48-39)36-20-11-19-33(27-36)30-13-5-2-6-14-30/h2-29,45-46H,1H3,(H,49,50). The van der Waals surface area contributed by atoms with Gasteiger partial charge in [0.1, 0.15) is 34.8 Å². The van der Waals surface area contributed by atoms with Crippen molar-refractivity contribution in [3.8, 4) is 33.7 Å². The van der Waals surface area contributed by atoms with Crippen LogP contribution in [-0.2, 0) is 0 Å². The molecule has 0 saturated carbocycles. The Balaban J connectivity index is 1.05. The minimum Gasteiger partial charge on any atom is -0.456 e. The summed E-state index contributed by atoms with van der Waals surface area (Å²) in [5, 5.41) is 5.85. The highest BCUT2D eigenvalue weighted by Crippen LogP contribution is 2.39. The molecule has 0 saturated heterocycles. The van der Waals surface area contributed by atoms with Crippen LogP contribution < -0.4 is 5.32 Å². The molecule has 6 nitrogen and oxygen atoms in total. The van der Waals surface area contributed by atoms with E-state index in [4.69, 9.17) is 18.8 Å². The Bertz CT molecular complexity index is 2790. The van der Waals surface area contributed by atoms with Crippen LogP contribution in [0.5, 0.6) is 0 Å². The third kappa shape index (κ3) is 5.57. The summed E-state index contributed by atoms with van der Waals surface area (Å²) >= 11 is 0. The van der Waals surface area contributed by atoms with Crippen LogP contribution in [0.3, 0.4) is 0 Å². The Labute approximate surface area is 306 Å². The highest BCUT2D eigenvalue weighted by atomic mass is 16.3. The van der Waals surface area contributed by atoms with E-state index < -0.39 is 0 Å². The number of hydrogen-bond acceptors (Lipinski definition) is 6. The average Bonchev–Trinajstić information content (AvgIpc) is 3.83. The van der Waals surface area contributed by atoms with Gasteiger partial charge in [0.15, 0.2) is 5.58 Å². The summed E-state index contributed by atoms with van der Waals surface area (Å²) in [6, 6.07) is 58.5. The Morgan fingerprint density at radius 2 is 1.19 bits per heavy atom. The largest absolute Gasteiger partial charge is 0.456 e. The molecule has 2 aromatic heterocycles. The summed E-state index contributed by atoms with van der Waals surface area (Å²) in [4.78, 5) is 12.5. The maximum Gasteiger partial charge on any atom is 0.227 e. The van der Waals surface area contributed by atoms with Gasteiger partial charge in [-0.25, -0.2) is 9.98 Å². The van der Waals surface area contributed by atoms with Gasteiger partial charge in [-0.3, -0.25) is 4.90 Å². The Kier molecular flexibility index (Phi) is 7.48. The molecule has 1 aliphatic rings. The third-order valence-electron chi connectivity index (χ3n) is 10.2. The van der Waals surface area contributed by atoms with Gasteiger partial charge in [0.2, 0.25) is 5.89 Å². The zero-order valence-electron chi connectivity index (χ0n) is 29.0. The van der Waals surface area contributed by atoms with Crippen LogP contribution in [0, 0.1) is 0 Å². The van der Waals surface area contributed by atoms with Gasteiger partial charge in [-0.15, -0.1) is 0 Å². The van der Waals surface area contributed by atoms with Crippen LogP contribution in [0.15, 0.2) is 184 Å². The Morgan fingerprint density at radius 3 is 2.00 bits per heavy atom. The molecule has 0 bridgehead atoms. The van der Waals surface area contributed by atoms with Crippen molar-refractivity contribution in [2.24, 2.45) is 4.99 Å². The van der Waals surface area contributed by atoms with Crippen molar-refractivity contribution in [2.75, 3.05) is 7.05 Å². The highest BCUT2D eigenvalue weighted by Gasteiger charge is 2.32. The van der Waals surface area contributed by atoms with Crippen molar-refractivity contribution in [1.29, 1.82) is 0 Å². The van der Waals surface area contributed by atoms with Gasteiger partial charge in [0, 0.05) is 21.9 Å². The SMILES string of the molecule is CN1C(c2ccccc2)N=C(c2cccc3oc4ccc(-c5ccc6nc(-c7cccc(-c8ccccc8)c7)oc6c5)cc4c23)NC1c1ccccc1. The molecule has 9 aromatic rings. The lowest BCUT2D eigenvalue weighted by Crippen LogP contribution is -2.46. The number of benzene rings is 7.